The van der Waals surface area contributed by atoms with Crippen LogP contribution in [0.5, 0.6) is 0 Å². The highest BCUT2D eigenvalue weighted by Crippen LogP contribution is 2.29. The zero-order valence-corrected chi connectivity index (χ0v) is 18.9. The number of rotatable bonds is 7. The summed E-state index contributed by atoms with van der Waals surface area (Å²) in [6.07, 6.45) is 0.576. The van der Waals surface area contributed by atoms with Crippen LogP contribution in [0.2, 0.25) is 0 Å². The van der Waals surface area contributed by atoms with Crippen molar-refractivity contribution >= 4 is 44.3 Å². The average molecular weight is 491 g/mol. The Balaban J connectivity index is 1.97. The van der Waals surface area contributed by atoms with Gasteiger partial charge in [0.1, 0.15) is 5.82 Å². The Kier molecular flexibility index (Phi) is 7.33. The van der Waals surface area contributed by atoms with Crippen LogP contribution in [0.15, 0.2) is 53.0 Å². The molecule has 30 heavy (non-hydrogen) atoms. The maximum atomic E-state index is 13.8. The van der Waals surface area contributed by atoms with Crippen LogP contribution in [0, 0.1) is 12.7 Å². The molecule has 0 N–H and O–H groups in total. The Bertz CT molecular complexity index is 1060. The molecule has 3 rings (SSSR count). The third-order valence-electron chi connectivity index (χ3n) is 4.36. The highest BCUT2D eigenvalue weighted by molar-refractivity contribution is 9.10. The van der Waals surface area contributed by atoms with Crippen LogP contribution in [0.3, 0.4) is 0 Å². The zero-order chi connectivity index (χ0) is 21.7. The van der Waals surface area contributed by atoms with Crippen molar-refractivity contribution in [1.82, 2.24) is 4.98 Å². The Morgan fingerprint density at radius 3 is 2.63 bits per heavy atom. The van der Waals surface area contributed by atoms with E-state index in [1.807, 2.05) is 30.3 Å². The van der Waals surface area contributed by atoms with Gasteiger partial charge in [0.05, 0.1) is 12.2 Å². The van der Waals surface area contributed by atoms with Crippen molar-refractivity contribution in [3.05, 3.63) is 80.5 Å². The van der Waals surface area contributed by atoms with Crippen molar-refractivity contribution < 1.29 is 18.7 Å². The number of carbonyl (C=O) groups is 2. The van der Waals surface area contributed by atoms with Gasteiger partial charge in [-0.05, 0) is 60.0 Å². The minimum absolute atomic E-state index is 0.188. The molecule has 0 saturated heterocycles. The van der Waals surface area contributed by atoms with Crippen molar-refractivity contribution in [2.45, 2.75) is 20.3 Å². The first-order valence-corrected chi connectivity index (χ1v) is 11.0. The molecule has 8 heteroatoms. The lowest BCUT2D eigenvalue weighted by molar-refractivity contribution is 0.0519. The largest absolute Gasteiger partial charge is 0.461 e. The van der Waals surface area contributed by atoms with Crippen molar-refractivity contribution in [3.63, 3.8) is 0 Å². The molecule has 0 aliphatic carbocycles. The second kappa shape index (κ2) is 9.95. The Morgan fingerprint density at radius 1 is 1.20 bits per heavy atom. The molecule has 0 bridgehead atoms. The summed E-state index contributed by atoms with van der Waals surface area (Å²) >= 11 is 4.56. The second-order valence-electron chi connectivity index (χ2n) is 6.44. The fourth-order valence-corrected chi connectivity index (χ4v) is 4.20. The van der Waals surface area contributed by atoms with Crippen LogP contribution < -0.4 is 4.90 Å². The number of ether oxygens (including phenoxy) is 1. The average Bonchev–Trinajstić information content (AvgIpc) is 3.12. The Labute approximate surface area is 186 Å². The molecular weight excluding hydrogens is 471 g/mol. The van der Waals surface area contributed by atoms with Gasteiger partial charge in [-0.15, -0.1) is 11.3 Å². The smallest absolute Gasteiger partial charge is 0.358 e. The number of halogens is 2. The lowest BCUT2D eigenvalue weighted by atomic mass is 10.1. The first kappa shape index (κ1) is 22.1. The fraction of sp³-hybridized carbons (Fsp3) is 0.227. The maximum Gasteiger partial charge on any atom is 0.358 e. The van der Waals surface area contributed by atoms with Crippen LogP contribution in [0.25, 0.3) is 0 Å². The number of hydrogen-bond donors (Lipinski definition) is 0. The molecule has 0 aliphatic heterocycles. The fourth-order valence-electron chi connectivity index (χ4n) is 2.86. The number of esters is 1. The molecule has 1 amide bonds. The van der Waals surface area contributed by atoms with Gasteiger partial charge in [-0.25, -0.2) is 14.2 Å². The van der Waals surface area contributed by atoms with E-state index in [2.05, 4.69) is 20.9 Å². The molecule has 0 spiro atoms. The van der Waals surface area contributed by atoms with Crippen molar-refractivity contribution in [1.29, 1.82) is 0 Å². The van der Waals surface area contributed by atoms with Gasteiger partial charge in [0, 0.05) is 15.9 Å². The number of benzene rings is 2. The van der Waals surface area contributed by atoms with Crippen LogP contribution in [-0.4, -0.2) is 30.0 Å². The zero-order valence-electron chi connectivity index (χ0n) is 16.5. The predicted octanol–water partition coefficient (Wildman–Crippen LogP) is 5.42. The molecule has 2 aromatic carbocycles. The number of amides is 1. The Hall–Kier alpha value is -2.58. The molecule has 0 fully saturated rings. The normalized spacial score (nSPS) is 10.7. The van der Waals surface area contributed by atoms with Crippen LogP contribution in [-0.2, 0) is 11.2 Å². The molecule has 0 saturated carbocycles. The van der Waals surface area contributed by atoms with Gasteiger partial charge in [0.25, 0.3) is 5.91 Å². The monoisotopic (exact) mass is 490 g/mol. The van der Waals surface area contributed by atoms with Crippen molar-refractivity contribution in [2.24, 2.45) is 0 Å². The summed E-state index contributed by atoms with van der Waals surface area (Å²) in [5.41, 5.74) is 1.42. The van der Waals surface area contributed by atoms with E-state index in [1.54, 1.807) is 13.8 Å². The van der Waals surface area contributed by atoms with Crippen molar-refractivity contribution in [3.8, 4) is 0 Å². The number of thiazole rings is 1. The quantitative estimate of drug-likeness (QED) is 0.415. The molecule has 1 heterocycles. The Morgan fingerprint density at radius 2 is 1.93 bits per heavy atom. The summed E-state index contributed by atoms with van der Waals surface area (Å²) < 4.78 is 19.4. The third-order valence-corrected chi connectivity index (χ3v) is 6.04. The second-order valence-corrected chi connectivity index (χ2v) is 8.47. The number of nitrogens with zero attached hydrogens (tertiary/aromatic N) is 2. The predicted molar refractivity (Wildman–Crippen MR) is 119 cm³/mol. The topological polar surface area (TPSA) is 59.5 Å². The van der Waals surface area contributed by atoms with Gasteiger partial charge < -0.3 is 4.74 Å². The number of carbonyl (C=O) groups excluding carboxylic acids is 2. The van der Waals surface area contributed by atoms with E-state index < -0.39 is 17.7 Å². The van der Waals surface area contributed by atoms with Gasteiger partial charge in [-0.1, -0.05) is 30.3 Å². The molecule has 0 radical (unpaired) electrons. The summed E-state index contributed by atoms with van der Waals surface area (Å²) in [5.74, 6) is -1.44. The molecule has 156 valence electrons. The number of anilines is 1. The highest BCUT2D eigenvalue weighted by Gasteiger charge is 2.26. The lowest BCUT2D eigenvalue weighted by Crippen LogP contribution is -2.33. The SMILES string of the molecule is CCOC(=O)c1nc(N(CCc2ccccc2)C(=O)c2cc(F)ccc2Br)sc1C. The summed E-state index contributed by atoms with van der Waals surface area (Å²) in [4.78, 5) is 32.0. The van der Waals surface area contributed by atoms with Crippen molar-refractivity contribution in [2.75, 3.05) is 18.1 Å². The minimum Gasteiger partial charge on any atom is -0.461 e. The van der Waals surface area contributed by atoms with Crippen LogP contribution in [0.4, 0.5) is 9.52 Å². The van der Waals surface area contributed by atoms with E-state index in [0.717, 1.165) is 5.56 Å². The molecule has 3 aromatic rings. The van der Waals surface area contributed by atoms with Crippen LogP contribution in [0.1, 0.15) is 38.2 Å². The number of hydrogen-bond acceptors (Lipinski definition) is 5. The van der Waals surface area contributed by atoms with Gasteiger partial charge in [0.2, 0.25) is 0 Å². The van der Waals surface area contributed by atoms with E-state index in [0.29, 0.717) is 27.4 Å². The van der Waals surface area contributed by atoms with Gasteiger partial charge in [-0.2, -0.15) is 0 Å². The maximum absolute atomic E-state index is 13.8. The van der Waals surface area contributed by atoms with E-state index in [9.17, 15) is 14.0 Å². The number of aromatic nitrogens is 1. The number of aryl methyl sites for hydroxylation is 1. The molecule has 0 unspecified atom stereocenters. The van der Waals surface area contributed by atoms with Crippen LogP contribution >= 0.6 is 27.3 Å². The summed E-state index contributed by atoms with van der Waals surface area (Å²) in [7, 11) is 0. The van der Waals surface area contributed by atoms with E-state index in [-0.39, 0.29) is 17.9 Å². The summed E-state index contributed by atoms with van der Waals surface area (Å²) in [6.45, 7) is 4.03. The first-order chi connectivity index (χ1) is 14.4. The van der Waals surface area contributed by atoms with E-state index >= 15 is 0 Å². The molecule has 5 nitrogen and oxygen atoms in total. The third kappa shape index (κ3) is 5.12. The molecule has 1 aromatic heterocycles. The summed E-state index contributed by atoms with van der Waals surface area (Å²) in [5, 5.41) is 0.368. The standard InChI is InChI=1S/C22H20BrFN2O3S/c1-3-29-21(28)19-14(2)30-22(25-19)26(12-11-15-7-5-4-6-8-15)20(27)17-13-16(24)9-10-18(17)23/h4-10,13H,3,11-12H2,1-2H3. The molecule has 0 aliphatic rings. The lowest BCUT2D eigenvalue weighted by Gasteiger charge is -2.21. The van der Waals surface area contributed by atoms with E-state index in [1.165, 1.54) is 34.4 Å². The molecule has 0 atom stereocenters. The minimum atomic E-state index is -0.528. The molecular formula is C22H20BrFN2O3S. The van der Waals surface area contributed by atoms with Gasteiger partial charge in [-0.3, -0.25) is 9.69 Å². The van der Waals surface area contributed by atoms with Gasteiger partial charge in [0.15, 0.2) is 10.8 Å². The first-order valence-electron chi connectivity index (χ1n) is 9.36. The summed E-state index contributed by atoms with van der Waals surface area (Å²) in [6, 6.07) is 13.7. The van der Waals surface area contributed by atoms with E-state index in [4.69, 9.17) is 4.74 Å². The van der Waals surface area contributed by atoms with Gasteiger partial charge >= 0.3 is 5.97 Å². The highest BCUT2D eigenvalue weighted by atomic mass is 79.9.